The van der Waals surface area contributed by atoms with Crippen molar-refractivity contribution in [2.45, 2.75) is 52.0 Å². The molecule has 0 spiro atoms. The van der Waals surface area contributed by atoms with E-state index in [1.54, 1.807) is 0 Å². The number of nitriles is 1. The number of carbonyl (C=O) groups excluding carboxylic acids is 1. The summed E-state index contributed by atoms with van der Waals surface area (Å²) in [6.45, 7) is 7.50. The highest BCUT2D eigenvalue weighted by Gasteiger charge is 2.25. The largest absolute Gasteiger partial charge is 0.356 e. The summed E-state index contributed by atoms with van der Waals surface area (Å²) in [5, 5.41) is 13.0. The topological polar surface area (TPSA) is 103 Å². The second-order valence-corrected chi connectivity index (χ2v) is 8.81. The van der Waals surface area contributed by atoms with Gasteiger partial charge >= 0.3 is 0 Å². The fourth-order valence-electron chi connectivity index (χ4n) is 4.58. The monoisotopic (exact) mass is 421 g/mol. The number of imidazole rings is 1. The van der Waals surface area contributed by atoms with Crippen molar-refractivity contribution in [1.29, 1.82) is 5.26 Å². The zero-order valence-corrected chi connectivity index (χ0v) is 18.4. The Morgan fingerprint density at radius 2 is 2.19 bits per heavy atom. The van der Waals surface area contributed by atoms with Crippen LogP contribution in [-0.4, -0.2) is 56.5 Å². The predicted octanol–water partition coefficient (Wildman–Crippen LogP) is 3.17. The van der Waals surface area contributed by atoms with E-state index >= 15 is 0 Å². The van der Waals surface area contributed by atoms with E-state index in [4.69, 9.17) is 10.2 Å². The summed E-state index contributed by atoms with van der Waals surface area (Å²) in [5.41, 5.74) is 2.91. The molecular weight excluding hydrogens is 390 g/mol. The number of aromatic amines is 1. The number of fused-ring (bicyclic) bond motifs is 3. The fourth-order valence-corrected chi connectivity index (χ4v) is 4.58. The van der Waals surface area contributed by atoms with Crippen molar-refractivity contribution < 1.29 is 4.79 Å². The van der Waals surface area contributed by atoms with Crippen molar-refractivity contribution in [3.63, 3.8) is 0 Å². The molecule has 0 aromatic carbocycles. The maximum absolute atomic E-state index is 12.1. The van der Waals surface area contributed by atoms with Gasteiger partial charge in [-0.3, -0.25) is 4.79 Å². The number of hydrogen-bond acceptors (Lipinski definition) is 5. The van der Waals surface area contributed by atoms with Crippen LogP contribution >= 0.6 is 0 Å². The van der Waals surface area contributed by atoms with Crippen LogP contribution in [0.5, 0.6) is 0 Å². The van der Waals surface area contributed by atoms with Crippen LogP contribution in [0.2, 0.25) is 0 Å². The van der Waals surface area contributed by atoms with Crippen LogP contribution in [0.3, 0.4) is 0 Å². The average Bonchev–Trinajstić information content (AvgIpc) is 3.36. The van der Waals surface area contributed by atoms with Crippen LogP contribution in [0.4, 0.5) is 0 Å². The molecule has 164 valence electrons. The molecule has 1 saturated heterocycles. The molecule has 4 heterocycles. The summed E-state index contributed by atoms with van der Waals surface area (Å²) >= 11 is 0. The zero-order valence-electron chi connectivity index (χ0n) is 18.4. The van der Waals surface area contributed by atoms with Gasteiger partial charge in [-0.2, -0.15) is 5.26 Å². The van der Waals surface area contributed by atoms with Crippen LogP contribution < -0.4 is 5.32 Å². The summed E-state index contributed by atoms with van der Waals surface area (Å²) in [6.07, 6.45) is 7.63. The molecule has 2 N–H and O–H groups in total. The molecule has 0 bridgehead atoms. The zero-order chi connectivity index (χ0) is 21.8. The first-order valence-corrected chi connectivity index (χ1v) is 11.3. The van der Waals surface area contributed by atoms with E-state index in [0.29, 0.717) is 37.8 Å². The summed E-state index contributed by atoms with van der Waals surface area (Å²) < 4.78 is 2.39. The van der Waals surface area contributed by atoms with E-state index in [1.165, 1.54) is 0 Å². The van der Waals surface area contributed by atoms with Crippen LogP contribution in [0, 0.1) is 17.2 Å². The highest BCUT2D eigenvalue weighted by molar-refractivity contribution is 6.01. The minimum absolute atomic E-state index is 0.0955. The normalized spacial score (nSPS) is 15.7. The molecule has 0 atom stereocenters. The summed E-state index contributed by atoms with van der Waals surface area (Å²) in [6, 6.07) is 4.67. The number of pyridine rings is 1. The smallest absolute Gasteiger partial charge is 0.220 e. The van der Waals surface area contributed by atoms with Crippen molar-refractivity contribution in [2.24, 2.45) is 5.92 Å². The molecule has 0 aliphatic carbocycles. The van der Waals surface area contributed by atoms with Gasteiger partial charge in [0.25, 0.3) is 0 Å². The van der Waals surface area contributed by atoms with Crippen LogP contribution in [0.1, 0.15) is 51.4 Å². The molecule has 0 saturated carbocycles. The second kappa shape index (κ2) is 9.48. The Labute approximate surface area is 182 Å². The molecular formula is C23H31N7O. The van der Waals surface area contributed by atoms with Gasteiger partial charge in [-0.15, -0.1) is 0 Å². The minimum atomic E-state index is 0.0955. The molecule has 0 radical (unpaired) electrons. The van der Waals surface area contributed by atoms with Gasteiger partial charge in [0.05, 0.1) is 17.8 Å². The highest BCUT2D eigenvalue weighted by Crippen LogP contribution is 2.32. The number of nitrogens with zero attached hydrogens (tertiary/aromatic N) is 5. The number of amides is 1. The van der Waals surface area contributed by atoms with Gasteiger partial charge < -0.3 is 19.8 Å². The molecule has 0 unspecified atom stereocenters. The summed E-state index contributed by atoms with van der Waals surface area (Å²) in [4.78, 5) is 27.1. The fraction of sp³-hybridized carbons (Fsp3) is 0.565. The Balaban J connectivity index is 1.59. The number of carbonyl (C=O) groups is 1. The lowest BCUT2D eigenvalue weighted by Gasteiger charge is -2.33. The van der Waals surface area contributed by atoms with E-state index < -0.39 is 0 Å². The second-order valence-electron chi connectivity index (χ2n) is 8.81. The Kier molecular flexibility index (Phi) is 6.52. The number of piperidine rings is 1. The Morgan fingerprint density at radius 3 is 2.94 bits per heavy atom. The van der Waals surface area contributed by atoms with Crippen molar-refractivity contribution in [3.05, 3.63) is 24.3 Å². The molecule has 8 nitrogen and oxygen atoms in total. The van der Waals surface area contributed by atoms with Crippen LogP contribution in [0.15, 0.2) is 18.5 Å². The SMILES string of the molecule is CC(C)CC(=O)NCCc1nc2cnc3[nH]ccc3c2n1C1CCN(CCC#N)CC1. The molecule has 3 aromatic rings. The third kappa shape index (κ3) is 4.72. The van der Waals surface area contributed by atoms with Gasteiger partial charge in [-0.25, -0.2) is 9.97 Å². The third-order valence-electron chi connectivity index (χ3n) is 6.03. The van der Waals surface area contributed by atoms with Gasteiger partial charge in [0, 0.05) is 63.1 Å². The Morgan fingerprint density at radius 1 is 1.39 bits per heavy atom. The molecule has 1 fully saturated rings. The van der Waals surface area contributed by atoms with E-state index in [1.807, 2.05) is 12.4 Å². The highest BCUT2D eigenvalue weighted by atomic mass is 16.1. The Hall–Kier alpha value is -2.92. The summed E-state index contributed by atoms with van der Waals surface area (Å²) in [5.74, 6) is 1.45. The van der Waals surface area contributed by atoms with Crippen LogP contribution in [-0.2, 0) is 11.2 Å². The number of aromatic nitrogens is 4. The van der Waals surface area contributed by atoms with Crippen LogP contribution in [0.25, 0.3) is 22.1 Å². The number of H-pyrrole nitrogens is 1. The van der Waals surface area contributed by atoms with E-state index in [-0.39, 0.29) is 5.91 Å². The maximum atomic E-state index is 12.1. The predicted molar refractivity (Wildman–Crippen MR) is 120 cm³/mol. The van der Waals surface area contributed by atoms with E-state index in [0.717, 1.165) is 60.4 Å². The van der Waals surface area contributed by atoms with Gasteiger partial charge in [0.2, 0.25) is 5.91 Å². The van der Waals surface area contributed by atoms with Crippen molar-refractivity contribution in [3.8, 4) is 6.07 Å². The molecule has 3 aromatic heterocycles. The molecule has 8 heteroatoms. The first kappa shape index (κ1) is 21.3. The average molecular weight is 422 g/mol. The van der Waals surface area contributed by atoms with Crippen molar-refractivity contribution in [2.75, 3.05) is 26.2 Å². The molecule has 1 aliphatic heterocycles. The third-order valence-corrected chi connectivity index (χ3v) is 6.03. The van der Waals surface area contributed by atoms with Gasteiger partial charge in [0.15, 0.2) is 0 Å². The molecule has 31 heavy (non-hydrogen) atoms. The summed E-state index contributed by atoms with van der Waals surface area (Å²) in [7, 11) is 0. The first-order valence-electron chi connectivity index (χ1n) is 11.3. The van der Waals surface area contributed by atoms with E-state index in [9.17, 15) is 4.79 Å². The maximum Gasteiger partial charge on any atom is 0.220 e. The van der Waals surface area contributed by atoms with E-state index in [2.05, 4.69) is 50.7 Å². The molecule has 1 aliphatic rings. The quantitative estimate of drug-likeness (QED) is 0.582. The molecule has 1 amide bonds. The lowest BCUT2D eigenvalue weighted by atomic mass is 10.0. The Bertz CT molecular complexity index is 1080. The number of likely N-dealkylation sites (tertiary alicyclic amines) is 1. The minimum Gasteiger partial charge on any atom is -0.356 e. The van der Waals surface area contributed by atoms with Gasteiger partial charge in [0.1, 0.15) is 17.0 Å². The molecule has 4 rings (SSSR count). The number of hydrogen-bond donors (Lipinski definition) is 2. The number of rotatable bonds is 8. The lowest BCUT2D eigenvalue weighted by molar-refractivity contribution is -0.121. The van der Waals surface area contributed by atoms with Crippen molar-refractivity contribution >= 4 is 28.0 Å². The first-order chi connectivity index (χ1) is 15.1. The van der Waals surface area contributed by atoms with Gasteiger partial charge in [-0.05, 0) is 24.8 Å². The lowest BCUT2D eigenvalue weighted by Crippen LogP contribution is -2.36. The number of nitrogens with one attached hydrogen (secondary N) is 2. The standard InChI is InChI=1S/C23H31N7O/c1-16(2)14-21(31)25-10-5-20-28-19-15-27-23-18(4-9-26-23)22(19)30(20)17-6-12-29(13-7-17)11-3-8-24/h4,9,15-17H,3,5-7,10-14H2,1-2H3,(H,25,31)(H,26,27). The van der Waals surface area contributed by atoms with Gasteiger partial charge in [-0.1, -0.05) is 13.8 Å². The van der Waals surface area contributed by atoms with Crippen molar-refractivity contribution in [1.82, 2.24) is 29.7 Å².